The molecule has 1 heterocycles. The van der Waals surface area contributed by atoms with Crippen LogP contribution in [0, 0.1) is 32.1 Å². The Bertz CT molecular complexity index is 461. The lowest BCUT2D eigenvalue weighted by molar-refractivity contribution is 0.109. The number of nitrogens with one attached hydrogen (secondary N) is 1. The van der Waals surface area contributed by atoms with E-state index >= 15 is 0 Å². The number of aryl methyl sites for hydroxylation is 3. The van der Waals surface area contributed by atoms with Gasteiger partial charge in [0.1, 0.15) is 6.04 Å². The van der Waals surface area contributed by atoms with Crippen LogP contribution in [0.3, 0.4) is 0 Å². The van der Waals surface area contributed by atoms with Crippen molar-refractivity contribution in [3.8, 4) is 6.07 Å². The summed E-state index contributed by atoms with van der Waals surface area (Å²) in [5, 5.41) is 12.8. The fourth-order valence-corrected chi connectivity index (χ4v) is 2.91. The van der Waals surface area contributed by atoms with E-state index in [0.29, 0.717) is 0 Å². The molecule has 19 heavy (non-hydrogen) atoms. The Morgan fingerprint density at radius 3 is 2.58 bits per heavy atom. The van der Waals surface area contributed by atoms with E-state index in [1.54, 1.807) is 0 Å². The van der Waals surface area contributed by atoms with Crippen LogP contribution in [-0.2, 0) is 4.74 Å². The Labute approximate surface area is 115 Å². The van der Waals surface area contributed by atoms with Crippen molar-refractivity contribution in [1.29, 1.82) is 5.26 Å². The Morgan fingerprint density at radius 1 is 1.37 bits per heavy atom. The monoisotopic (exact) mass is 258 g/mol. The number of hydrogen-bond donors (Lipinski definition) is 1. The second-order valence-corrected chi connectivity index (χ2v) is 5.42. The summed E-state index contributed by atoms with van der Waals surface area (Å²) < 4.78 is 5.59. The summed E-state index contributed by atoms with van der Waals surface area (Å²) in [4.78, 5) is 0. The molecule has 0 aliphatic carbocycles. The van der Waals surface area contributed by atoms with Crippen molar-refractivity contribution >= 4 is 0 Å². The van der Waals surface area contributed by atoms with Gasteiger partial charge in [-0.3, -0.25) is 5.32 Å². The van der Waals surface area contributed by atoms with Crippen molar-refractivity contribution < 1.29 is 4.74 Å². The van der Waals surface area contributed by atoms with E-state index in [9.17, 15) is 5.26 Å². The number of benzene rings is 1. The van der Waals surface area contributed by atoms with E-state index in [-0.39, 0.29) is 12.1 Å². The van der Waals surface area contributed by atoms with E-state index < -0.39 is 0 Å². The summed E-state index contributed by atoms with van der Waals surface area (Å²) in [5.41, 5.74) is 4.73. The van der Waals surface area contributed by atoms with E-state index in [1.165, 1.54) is 16.7 Å². The molecule has 1 aromatic rings. The number of nitriles is 1. The highest BCUT2D eigenvalue weighted by molar-refractivity contribution is 5.41. The van der Waals surface area contributed by atoms with Crippen LogP contribution in [0.5, 0.6) is 0 Å². The van der Waals surface area contributed by atoms with Crippen LogP contribution in [0.15, 0.2) is 12.1 Å². The van der Waals surface area contributed by atoms with Gasteiger partial charge in [0.25, 0.3) is 0 Å². The van der Waals surface area contributed by atoms with Crippen molar-refractivity contribution in [2.24, 2.45) is 0 Å². The van der Waals surface area contributed by atoms with Crippen molar-refractivity contribution in [2.45, 2.75) is 45.8 Å². The van der Waals surface area contributed by atoms with Gasteiger partial charge in [0.05, 0.1) is 12.2 Å². The summed E-state index contributed by atoms with van der Waals surface area (Å²) in [6.07, 6.45) is 2.49. The van der Waals surface area contributed by atoms with Gasteiger partial charge >= 0.3 is 0 Å². The molecule has 1 saturated heterocycles. The van der Waals surface area contributed by atoms with Gasteiger partial charge in [0.15, 0.2) is 0 Å². The highest BCUT2D eigenvalue weighted by Crippen LogP contribution is 2.23. The molecule has 0 aromatic heterocycles. The van der Waals surface area contributed by atoms with E-state index in [1.807, 2.05) is 0 Å². The van der Waals surface area contributed by atoms with Gasteiger partial charge < -0.3 is 4.74 Å². The quantitative estimate of drug-likeness (QED) is 0.903. The largest absolute Gasteiger partial charge is 0.377 e. The smallest absolute Gasteiger partial charge is 0.121 e. The zero-order chi connectivity index (χ0) is 13.8. The predicted molar refractivity (Wildman–Crippen MR) is 76.0 cm³/mol. The van der Waals surface area contributed by atoms with Crippen molar-refractivity contribution in [3.05, 3.63) is 34.4 Å². The zero-order valence-electron chi connectivity index (χ0n) is 12.0. The predicted octanol–water partition coefficient (Wildman–Crippen LogP) is 2.95. The fourth-order valence-electron chi connectivity index (χ4n) is 2.91. The lowest BCUT2D eigenvalue weighted by Crippen LogP contribution is -2.30. The number of rotatable bonds is 4. The highest BCUT2D eigenvalue weighted by atomic mass is 16.5. The lowest BCUT2D eigenvalue weighted by Gasteiger charge is -2.19. The van der Waals surface area contributed by atoms with Crippen molar-refractivity contribution in [3.63, 3.8) is 0 Å². The molecule has 0 saturated carbocycles. The second kappa shape index (κ2) is 6.18. The van der Waals surface area contributed by atoms with Gasteiger partial charge in [-0.2, -0.15) is 5.26 Å². The molecule has 0 amide bonds. The molecule has 1 aliphatic heterocycles. The zero-order valence-corrected chi connectivity index (χ0v) is 12.0. The molecule has 0 radical (unpaired) electrons. The minimum Gasteiger partial charge on any atom is -0.377 e. The summed E-state index contributed by atoms with van der Waals surface area (Å²) >= 11 is 0. The number of ether oxygens (including phenoxy) is 1. The third-order valence-corrected chi connectivity index (χ3v) is 3.73. The molecule has 3 heteroatoms. The van der Waals surface area contributed by atoms with E-state index in [0.717, 1.165) is 31.6 Å². The molecule has 2 atom stereocenters. The molecule has 0 bridgehead atoms. The van der Waals surface area contributed by atoms with Gasteiger partial charge in [0, 0.05) is 13.2 Å². The summed E-state index contributed by atoms with van der Waals surface area (Å²) in [5.74, 6) is 0. The maximum absolute atomic E-state index is 9.42. The molecule has 1 aliphatic rings. The molecule has 3 nitrogen and oxygen atoms in total. The third kappa shape index (κ3) is 3.34. The van der Waals surface area contributed by atoms with Crippen LogP contribution in [-0.4, -0.2) is 19.3 Å². The molecule has 102 valence electrons. The Kier molecular flexibility index (Phi) is 4.57. The SMILES string of the molecule is Cc1cc(C)c(C(C#N)NCC2CCCO2)c(C)c1. The van der Waals surface area contributed by atoms with E-state index in [4.69, 9.17) is 4.74 Å². The molecular formula is C16H22N2O. The third-order valence-electron chi connectivity index (χ3n) is 3.73. The maximum Gasteiger partial charge on any atom is 0.121 e. The van der Waals surface area contributed by atoms with Crippen LogP contribution >= 0.6 is 0 Å². The van der Waals surface area contributed by atoms with Crippen LogP contribution in [0.2, 0.25) is 0 Å². The number of nitrogens with zero attached hydrogens (tertiary/aromatic N) is 1. The summed E-state index contributed by atoms with van der Waals surface area (Å²) in [6.45, 7) is 7.85. The molecule has 1 N–H and O–H groups in total. The van der Waals surface area contributed by atoms with Crippen molar-refractivity contribution in [2.75, 3.05) is 13.2 Å². The first-order valence-corrected chi connectivity index (χ1v) is 6.94. The van der Waals surface area contributed by atoms with Crippen LogP contribution < -0.4 is 5.32 Å². The average Bonchev–Trinajstić information content (AvgIpc) is 2.85. The summed E-state index contributed by atoms with van der Waals surface area (Å²) in [6, 6.07) is 6.41. The molecule has 2 unspecified atom stereocenters. The molecule has 2 rings (SSSR count). The first kappa shape index (κ1) is 14.0. The second-order valence-electron chi connectivity index (χ2n) is 5.42. The first-order valence-electron chi connectivity index (χ1n) is 6.94. The Morgan fingerprint density at radius 2 is 2.05 bits per heavy atom. The van der Waals surface area contributed by atoms with Gasteiger partial charge in [-0.15, -0.1) is 0 Å². The minimum absolute atomic E-state index is 0.246. The Balaban J connectivity index is 2.11. The summed E-state index contributed by atoms with van der Waals surface area (Å²) in [7, 11) is 0. The highest BCUT2D eigenvalue weighted by Gasteiger charge is 2.20. The van der Waals surface area contributed by atoms with Crippen LogP contribution in [0.25, 0.3) is 0 Å². The normalized spacial score (nSPS) is 20.2. The maximum atomic E-state index is 9.42. The van der Waals surface area contributed by atoms with Gasteiger partial charge in [-0.05, 0) is 50.3 Å². The standard InChI is InChI=1S/C16H22N2O/c1-11-7-12(2)16(13(3)8-11)15(9-17)18-10-14-5-4-6-19-14/h7-8,14-15,18H,4-6,10H2,1-3H3. The molecule has 1 aromatic carbocycles. The van der Waals surface area contributed by atoms with Gasteiger partial charge in [-0.1, -0.05) is 17.7 Å². The lowest BCUT2D eigenvalue weighted by atomic mass is 9.94. The number of hydrogen-bond acceptors (Lipinski definition) is 3. The first-order chi connectivity index (χ1) is 9.11. The fraction of sp³-hybridized carbons (Fsp3) is 0.562. The topological polar surface area (TPSA) is 45.0 Å². The average molecular weight is 258 g/mol. The molecular weight excluding hydrogens is 236 g/mol. The van der Waals surface area contributed by atoms with Crippen LogP contribution in [0.4, 0.5) is 0 Å². The minimum atomic E-state index is -0.246. The van der Waals surface area contributed by atoms with Crippen LogP contribution in [0.1, 0.15) is 41.1 Å². The Hall–Kier alpha value is -1.37. The van der Waals surface area contributed by atoms with E-state index in [2.05, 4.69) is 44.3 Å². The molecule has 1 fully saturated rings. The van der Waals surface area contributed by atoms with Gasteiger partial charge in [0.2, 0.25) is 0 Å². The van der Waals surface area contributed by atoms with Gasteiger partial charge in [-0.25, -0.2) is 0 Å². The molecule has 0 spiro atoms. The van der Waals surface area contributed by atoms with Crippen molar-refractivity contribution in [1.82, 2.24) is 5.32 Å².